The molecule has 4 rings (SSSR count). The van der Waals surface area contributed by atoms with E-state index >= 15 is 0 Å². The topological polar surface area (TPSA) is 59.0 Å². The SMILES string of the molecule is O=S1(=O)CCN2C(c3ccc(Oc4ccc(Cl)cc4)cc3)=CSC2=N1. The Morgan fingerprint density at radius 2 is 1.68 bits per heavy atom. The second-order valence-corrected chi connectivity index (χ2v) is 8.54. The lowest BCUT2D eigenvalue weighted by atomic mass is 10.1. The zero-order valence-corrected chi connectivity index (χ0v) is 15.3. The normalized spacial score (nSPS) is 18.4. The Bertz CT molecular complexity index is 968. The minimum atomic E-state index is -3.32. The van der Waals surface area contributed by atoms with Crippen LogP contribution in [0.5, 0.6) is 11.5 Å². The van der Waals surface area contributed by atoms with Crippen molar-refractivity contribution < 1.29 is 13.2 Å². The van der Waals surface area contributed by atoms with Crippen molar-refractivity contribution in [1.29, 1.82) is 0 Å². The highest BCUT2D eigenvalue weighted by Crippen LogP contribution is 2.36. The number of rotatable bonds is 3. The molecule has 2 aromatic rings. The highest BCUT2D eigenvalue weighted by Gasteiger charge is 2.31. The molecule has 2 aromatic carbocycles. The van der Waals surface area contributed by atoms with Crippen LogP contribution in [0.2, 0.25) is 5.02 Å². The number of ether oxygens (including phenoxy) is 1. The fourth-order valence-electron chi connectivity index (χ4n) is 2.55. The van der Waals surface area contributed by atoms with E-state index in [1.165, 1.54) is 11.8 Å². The predicted octanol–water partition coefficient (Wildman–Crippen LogP) is 4.18. The third-order valence-electron chi connectivity index (χ3n) is 3.79. The molecule has 8 heteroatoms. The van der Waals surface area contributed by atoms with Crippen LogP contribution in [0, 0.1) is 0 Å². The van der Waals surface area contributed by atoms with Crippen LogP contribution in [0.4, 0.5) is 0 Å². The van der Waals surface area contributed by atoms with Crippen LogP contribution in [-0.2, 0) is 10.0 Å². The summed E-state index contributed by atoms with van der Waals surface area (Å²) >= 11 is 7.20. The molecule has 2 aliphatic heterocycles. The van der Waals surface area contributed by atoms with Gasteiger partial charge in [0.1, 0.15) is 11.5 Å². The molecule has 0 aliphatic carbocycles. The summed E-state index contributed by atoms with van der Waals surface area (Å²) in [7, 11) is -3.32. The molecule has 0 unspecified atom stereocenters. The molecule has 25 heavy (non-hydrogen) atoms. The van der Waals surface area contributed by atoms with Gasteiger partial charge in [0.15, 0.2) is 5.17 Å². The molecule has 5 nitrogen and oxygen atoms in total. The Balaban J connectivity index is 1.52. The molecule has 0 aromatic heterocycles. The van der Waals surface area contributed by atoms with Crippen LogP contribution >= 0.6 is 23.4 Å². The van der Waals surface area contributed by atoms with Gasteiger partial charge in [0.2, 0.25) is 0 Å². The maximum Gasteiger partial charge on any atom is 0.257 e. The number of amidine groups is 1. The van der Waals surface area contributed by atoms with E-state index in [1.54, 1.807) is 12.1 Å². The largest absolute Gasteiger partial charge is 0.457 e. The minimum Gasteiger partial charge on any atom is -0.457 e. The first-order valence-electron chi connectivity index (χ1n) is 7.51. The summed E-state index contributed by atoms with van der Waals surface area (Å²) in [4.78, 5) is 1.93. The molecular weight excluding hydrogens is 380 g/mol. The smallest absolute Gasteiger partial charge is 0.257 e. The van der Waals surface area contributed by atoms with E-state index in [4.69, 9.17) is 16.3 Å². The van der Waals surface area contributed by atoms with Crippen molar-refractivity contribution in [3.8, 4) is 11.5 Å². The fraction of sp³-hybridized carbons (Fsp3) is 0.118. The third kappa shape index (κ3) is 3.53. The lowest BCUT2D eigenvalue weighted by Gasteiger charge is -2.25. The van der Waals surface area contributed by atoms with Gasteiger partial charge in [-0.1, -0.05) is 23.4 Å². The zero-order valence-electron chi connectivity index (χ0n) is 12.9. The first-order valence-corrected chi connectivity index (χ1v) is 10.4. The molecular formula is C17H13ClN2O3S2. The molecule has 0 saturated heterocycles. The molecule has 0 spiro atoms. The van der Waals surface area contributed by atoms with Crippen LogP contribution in [-0.4, -0.2) is 30.8 Å². The number of thioether (sulfide) groups is 1. The van der Waals surface area contributed by atoms with Crippen LogP contribution in [0.1, 0.15) is 5.56 Å². The second kappa shape index (κ2) is 6.40. The number of nitrogens with zero attached hydrogens (tertiary/aromatic N) is 2. The number of sulfonamides is 1. The summed E-state index contributed by atoms with van der Waals surface area (Å²) in [6.07, 6.45) is 0. The molecule has 2 aliphatic rings. The molecule has 128 valence electrons. The van der Waals surface area contributed by atoms with Crippen molar-refractivity contribution in [1.82, 2.24) is 4.90 Å². The molecule has 0 bridgehead atoms. The van der Waals surface area contributed by atoms with Crippen LogP contribution in [0.15, 0.2) is 58.3 Å². The molecule has 0 radical (unpaired) electrons. The van der Waals surface area contributed by atoms with E-state index in [2.05, 4.69) is 4.40 Å². The molecule has 2 heterocycles. The minimum absolute atomic E-state index is 0.0339. The van der Waals surface area contributed by atoms with Gasteiger partial charge in [-0.2, -0.15) is 0 Å². The molecule has 0 fully saturated rings. The molecule has 0 saturated carbocycles. The van der Waals surface area contributed by atoms with Crippen molar-refractivity contribution in [3.05, 3.63) is 64.5 Å². The van der Waals surface area contributed by atoms with E-state index < -0.39 is 10.0 Å². The summed E-state index contributed by atoms with van der Waals surface area (Å²) in [5.41, 5.74) is 1.94. The zero-order chi connectivity index (χ0) is 17.4. The number of hydrogen-bond donors (Lipinski definition) is 0. The van der Waals surface area contributed by atoms with Crippen molar-refractivity contribution in [2.75, 3.05) is 12.3 Å². The van der Waals surface area contributed by atoms with E-state index in [-0.39, 0.29) is 5.75 Å². The fourth-order valence-corrected chi connectivity index (χ4v) is 4.83. The van der Waals surface area contributed by atoms with Crippen molar-refractivity contribution >= 4 is 44.3 Å². The Morgan fingerprint density at radius 1 is 1.04 bits per heavy atom. The van der Waals surface area contributed by atoms with Gasteiger partial charge < -0.3 is 9.64 Å². The highest BCUT2D eigenvalue weighted by molar-refractivity contribution is 8.17. The average Bonchev–Trinajstić information content (AvgIpc) is 2.99. The summed E-state index contributed by atoms with van der Waals surface area (Å²) in [6, 6.07) is 14.8. The van der Waals surface area contributed by atoms with E-state index in [1.807, 2.05) is 46.7 Å². The highest BCUT2D eigenvalue weighted by atomic mass is 35.5. The average molecular weight is 393 g/mol. The Hall–Kier alpha value is -1.96. The Kier molecular flexibility index (Phi) is 4.23. The van der Waals surface area contributed by atoms with E-state index in [0.29, 0.717) is 28.2 Å². The van der Waals surface area contributed by atoms with Gasteiger partial charge in [0.05, 0.1) is 11.4 Å². The number of halogens is 1. The third-order valence-corrected chi connectivity index (χ3v) is 6.17. The number of hydrogen-bond acceptors (Lipinski definition) is 5. The Morgan fingerprint density at radius 3 is 2.36 bits per heavy atom. The predicted molar refractivity (Wildman–Crippen MR) is 101 cm³/mol. The maximum atomic E-state index is 11.6. The lowest BCUT2D eigenvalue weighted by molar-refractivity contribution is 0.482. The maximum absolute atomic E-state index is 11.6. The van der Waals surface area contributed by atoms with Gasteiger partial charge in [0.25, 0.3) is 10.0 Å². The van der Waals surface area contributed by atoms with Crippen molar-refractivity contribution in [2.45, 2.75) is 0 Å². The lowest BCUT2D eigenvalue weighted by Crippen LogP contribution is -2.34. The summed E-state index contributed by atoms with van der Waals surface area (Å²) in [5, 5.41) is 3.10. The standard InChI is InChI=1S/C17H13ClN2O3S2/c18-13-3-7-15(8-4-13)23-14-5-1-12(2-6-14)16-11-24-17-19-25(21,22)10-9-20(16)17/h1-8,11H,9-10H2. The van der Waals surface area contributed by atoms with Crippen molar-refractivity contribution in [2.24, 2.45) is 4.40 Å². The van der Waals surface area contributed by atoms with Crippen LogP contribution in [0.3, 0.4) is 0 Å². The van der Waals surface area contributed by atoms with E-state index in [0.717, 1.165) is 11.3 Å². The summed E-state index contributed by atoms with van der Waals surface area (Å²) in [5.74, 6) is 1.46. The molecule has 0 atom stereocenters. The van der Waals surface area contributed by atoms with Gasteiger partial charge in [-0.15, -0.1) is 4.40 Å². The van der Waals surface area contributed by atoms with Crippen molar-refractivity contribution in [3.63, 3.8) is 0 Å². The first kappa shape index (κ1) is 16.5. The second-order valence-electron chi connectivity index (χ2n) is 5.51. The van der Waals surface area contributed by atoms with Gasteiger partial charge in [-0.3, -0.25) is 0 Å². The molecule has 0 N–H and O–H groups in total. The quantitative estimate of drug-likeness (QED) is 0.784. The van der Waals surface area contributed by atoms with E-state index in [9.17, 15) is 8.42 Å². The Labute approximate surface area is 155 Å². The monoisotopic (exact) mass is 392 g/mol. The summed E-state index contributed by atoms with van der Waals surface area (Å²) in [6.45, 7) is 0.420. The van der Waals surface area contributed by atoms with Gasteiger partial charge >= 0.3 is 0 Å². The van der Waals surface area contributed by atoms with Gasteiger partial charge in [-0.25, -0.2) is 8.42 Å². The van der Waals surface area contributed by atoms with Crippen LogP contribution < -0.4 is 4.74 Å². The number of benzene rings is 2. The van der Waals surface area contributed by atoms with Gasteiger partial charge in [0, 0.05) is 17.0 Å². The van der Waals surface area contributed by atoms with Crippen LogP contribution in [0.25, 0.3) is 5.70 Å². The van der Waals surface area contributed by atoms with Gasteiger partial charge in [-0.05, 0) is 54.1 Å². The first-order chi connectivity index (χ1) is 12.0. The molecule has 0 amide bonds. The number of fused-ring (bicyclic) bond motifs is 1. The summed E-state index contributed by atoms with van der Waals surface area (Å²) < 4.78 is 32.8.